The van der Waals surface area contributed by atoms with Crippen molar-refractivity contribution in [2.24, 2.45) is 7.05 Å². The number of nitrogens with zero attached hydrogens (tertiary/aromatic N) is 4. The van der Waals surface area contributed by atoms with Crippen LogP contribution in [0.3, 0.4) is 0 Å². The van der Waals surface area contributed by atoms with Crippen LogP contribution in [0.2, 0.25) is 0 Å². The minimum Gasteiger partial charge on any atom is -0.487 e. The van der Waals surface area contributed by atoms with Gasteiger partial charge in [-0.15, -0.1) is 10.2 Å². The monoisotopic (exact) mass is 328 g/mol. The number of morpholine rings is 1. The van der Waals surface area contributed by atoms with Gasteiger partial charge in [-0.2, -0.15) is 0 Å². The molecule has 3 heterocycles. The number of para-hydroxylation sites is 1. The Morgan fingerprint density at radius 1 is 1.33 bits per heavy atom. The lowest BCUT2D eigenvalue weighted by Crippen LogP contribution is -2.38. The molecule has 0 amide bonds. The third-order valence-corrected chi connectivity index (χ3v) is 4.75. The third-order valence-electron chi connectivity index (χ3n) is 4.75. The molecule has 6 heteroatoms. The molecule has 2 aliphatic heterocycles. The molecule has 0 N–H and O–H groups in total. The van der Waals surface area contributed by atoms with Crippen LogP contribution in [0.5, 0.6) is 5.75 Å². The number of hydrogen-bond acceptors (Lipinski definition) is 5. The molecule has 1 fully saturated rings. The maximum Gasteiger partial charge on any atom is 0.163 e. The van der Waals surface area contributed by atoms with Crippen LogP contribution in [0.25, 0.3) is 0 Å². The zero-order chi connectivity index (χ0) is 16.7. The van der Waals surface area contributed by atoms with Gasteiger partial charge in [0.2, 0.25) is 0 Å². The van der Waals surface area contributed by atoms with Gasteiger partial charge in [0.1, 0.15) is 23.8 Å². The van der Waals surface area contributed by atoms with Crippen LogP contribution in [0.4, 0.5) is 0 Å². The highest BCUT2D eigenvalue weighted by atomic mass is 16.5. The summed E-state index contributed by atoms with van der Waals surface area (Å²) in [5.74, 6) is 1.96. The highest BCUT2D eigenvalue weighted by Gasteiger charge is 2.32. The Balaban J connectivity index is 1.51. The smallest absolute Gasteiger partial charge is 0.163 e. The number of benzene rings is 1. The fourth-order valence-electron chi connectivity index (χ4n) is 3.63. The van der Waals surface area contributed by atoms with Gasteiger partial charge in [0.25, 0.3) is 0 Å². The molecule has 6 nitrogen and oxygen atoms in total. The molecule has 2 aromatic rings. The Hall–Kier alpha value is -1.92. The summed E-state index contributed by atoms with van der Waals surface area (Å²) >= 11 is 0. The third kappa shape index (κ3) is 2.91. The van der Waals surface area contributed by atoms with Crippen molar-refractivity contribution in [3.63, 3.8) is 0 Å². The molecule has 4 rings (SSSR count). The van der Waals surface area contributed by atoms with Gasteiger partial charge >= 0.3 is 0 Å². The second-order valence-corrected chi connectivity index (χ2v) is 7.34. The number of aryl methyl sites for hydroxylation is 1. The van der Waals surface area contributed by atoms with Gasteiger partial charge < -0.3 is 14.0 Å². The van der Waals surface area contributed by atoms with E-state index in [-0.39, 0.29) is 11.7 Å². The summed E-state index contributed by atoms with van der Waals surface area (Å²) in [6, 6.07) is 6.49. The number of hydrogen-bond donors (Lipinski definition) is 0. The van der Waals surface area contributed by atoms with E-state index in [1.807, 2.05) is 11.6 Å². The summed E-state index contributed by atoms with van der Waals surface area (Å²) in [6.45, 7) is 7.61. The van der Waals surface area contributed by atoms with E-state index in [1.54, 1.807) is 6.33 Å². The quantitative estimate of drug-likeness (QED) is 0.864. The molecule has 1 atom stereocenters. The van der Waals surface area contributed by atoms with Gasteiger partial charge in [0.15, 0.2) is 5.82 Å². The first-order valence-corrected chi connectivity index (χ1v) is 8.49. The summed E-state index contributed by atoms with van der Waals surface area (Å²) in [7, 11) is 1.96. The Bertz CT molecular complexity index is 740. The van der Waals surface area contributed by atoms with Crippen molar-refractivity contribution < 1.29 is 9.47 Å². The van der Waals surface area contributed by atoms with Crippen LogP contribution in [-0.2, 0) is 24.8 Å². The molecule has 1 aromatic carbocycles. The molecule has 0 saturated carbocycles. The second kappa shape index (κ2) is 5.86. The average Bonchev–Trinajstić information content (AvgIpc) is 3.10. The van der Waals surface area contributed by atoms with E-state index in [4.69, 9.17) is 9.47 Å². The predicted molar refractivity (Wildman–Crippen MR) is 89.8 cm³/mol. The summed E-state index contributed by atoms with van der Waals surface area (Å²) in [5.41, 5.74) is 2.47. The maximum atomic E-state index is 6.20. The highest BCUT2D eigenvalue weighted by Crippen LogP contribution is 2.38. The molecule has 128 valence electrons. The fourth-order valence-corrected chi connectivity index (χ4v) is 3.63. The first kappa shape index (κ1) is 15.6. The molecule has 0 unspecified atom stereocenters. The van der Waals surface area contributed by atoms with E-state index in [0.717, 1.165) is 37.6 Å². The SMILES string of the molecule is Cn1cnnc1[C@@H]1CN(Cc2cccc3c2OC(C)(C)C3)CCO1. The first-order valence-electron chi connectivity index (χ1n) is 8.49. The van der Waals surface area contributed by atoms with Crippen LogP contribution in [0.1, 0.15) is 36.9 Å². The van der Waals surface area contributed by atoms with Crippen molar-refractivity contribution in [3.05, 3.63) is 41.5 Å². The van der Waals surface area contributed by atoms with Crippen molar-refractivity contribution in [2.75, 3.05) is 19.7 Å². The molecule has 1 aromatic heterocycles. The van der Waals surface area contributed by atoms with E-state index in [9.17, 15) is 0 Å². The Kier molecular flexibility index (Phi) is 3.81. The van der Waals surface area contributed by atoms with Crippen molar-refractivity contribution in [2.45, 2.75) is 38.5 Å². The molecular weight excluding hydrogens is 304 g/mol. The van der Waals surface area contributed by atoms with Crippen molar-refractivity contribution in [1.82, 2.24) is 19.7 Å². The predicted octanol–water partition coefficient (Wildman–Crippen LogP) is 2.10. The maximum absolute atomic E-state index is 6.20. The second-order valence-electron chi connectivity index (χ2n) is 7.34. The summed E-state index contributed by atoms with van der Waals surface area (Å²) in [5, 5.41) is 8.16. The summed E-state index contributed by atoms with van der Waals surface area (Å²) in [4.78, 5) is 2.41. The zero-order valence-electron chi connectivity index (χ0n) is 14.5. The minimum absolute atomic E-state index is 0.0274. The van der Waals surface area contributed by atoms with Crippen LogP contribution in [0.15, 0.2) is 24.5 Å². The van der Waals surface area contributed by atoms with E-state index >= 15 is 0 Å². The van der Waals surface area contributed by atoms with Gasteiger partial charge in [0.05, 0.1) is 6.61 Å². The lowest BCUT2D eigenvalue weighted by Gasteiger charge is -2.32. The molecule has 0 spiro atoms. The van der Waals surface area contributed by atoms with Crippen LogP contribution in [-0.4, -0.2) is 45.0 Å². The summed E-state index contributed by atoms with van der Waals surface area (Å²) < 4.78 is 14.0. The van der Waals surface area contributed by atoms with Crippen molar-refractivity contribution in [3.8, 4) is 5.75 Å². The Morgan fingerprint density at radius 2 is 2.21 bits per heavy atom. The van der Waals surface area contributed by atoms with E-state index < -0.39 is 0 Å². The average molecular weight is 328 g/mol. The number of aromatic nitrogens is 3. The van der Waals surface area contributed by atoms with Gasteiger partial charge in [-0.05, 0) is 19.4 Å². The van der Waals surface area contributed by atoms with Crippen LogP contribution < -0.4 is 4.74 Å². The highest BCUT2D eigenvalue weighted by molar-refractivity contribution is 5.45. The Morgan fingerprint density at radius 3 is 3.00 bits per heavy atom. The van der Waals surface area contributed by atoms with E-state index in [2.05, 4.69) is 47.1 Å². The molecule has 24 heavy (non-hydrogen) atoms. The molecule has 0 radical (unpaired) electrons. The fraction of sp³-hybridized carbons (Fsp3) is 0.556. The lowest BCUT2D eigenvalue weighted by molar-refractivity contribution is -0.0388. The normalized spacial score (nSPS) is 23.0. The zero-order valence-corrected chi connectivity index (χ0v) is 14.5. The molecule has 1 saturated heterocycles. The van der Waals surface area contributed by atoms with Crippen LogP contribution in [0, 0.1) is 0 Å². The number of rotatable bonds is 3. The van der Waals surface area contributed by atoms with Crippen molar-refractivity contribution >= 4 is 0 Å². The van der Waals surface area contributed by atoms with Gasteiger partial charge in [-0.25, -0.2) is 0 Å². The standard InChI is InChI=1S/C18H24N4O2/c1-18(2)9-13-5-4-6-14(16(13)24-18)10-22-7-8-23-15(11-22)17-20-19-12-21(17)3/h4-6,12,15H,7-11H2,1-3H3/t15-/m0/s1. The van der Waals surface area contributed by atoms with Crippen LogP contribution >= 0.6 is 0 Å². The number of ether oxygens (including phenoxy) is 2. The minimum atomic E-state index is -0.107. The first-order chi connectivity index (χ1) is 11.5. The lowest BCUT2D eigenvalue weighted by atomic mass is 10.0. The van der Waals surface area contributed by atoms with Gasteiger partial charge in [0, 0.05) is 38.7 Å². The topological polar surface area (TPSA) is 52.4 Å². The van der Waals surface area contributed by atoms with Gasteiger partial charge in [-0.1, -0.05) is 18.2 Å². The summed E-state index contributed by atoms with van der Waals surface area (Å²) in [6.07, 6.45) is 2.67. The molecule has 2 aliphatic rings. The number of fused-ring (bicyclic) bond motifs is 1. The van der Waals surface area contributed by atoms with E-state index in [0.29, 0.717) is 6.61 Å². The van der Waals surface area contributed by atoms with E-state index in [1.165, 1.54) is 11.1 Å². The molecular formula is C18H24N4O2. The molecule has 0 bridgehead atoms. The van der Waals surface area contributed by atoms with Crippen molar-refractivity contribution in [1.29, 1.82) is 0 Å². The largest absolute Gasteiger partial charge is 0.487 e. The van der Waals surface area contributed by atoms with Gasteiger partial charge in [-0.3, -0.25) is 4.90 Å². The molecule has 0 aliphatic carbocycles. The Labute approximate surface area is 142 Å².